The second-order valence-electron chi connectivity index (χ2n) is 2.13. The summed E-state index contributed by atoms with van der Waals surface area (Å²) in [6.45, 7) is 9.05. The Balaban J connectivity index is 0.000000561. The lowest BCUT2D eigenvalue weighted by Gasteiger charge is -1.98. The molecule has 0 aromatic carbocycles. The lowest BCUT2D eigenvalue weighted by Crippen LogP contribution is -2.00. The van der Waals surface area contributed by atoms with Crippen LogP contribution in [0.15, 0.2) is 6.07 Å². The first-order valence-corrected chi connectivity index (χ1v) is 4.88. The second kappa shape index (κ2) is 6.06. The maximum absolute atomic E-state index is 5.69. The van der Waals surface area contributed by atoms with Gasteiger partial charge in [-0.1, -0.05) is 32.4 Å². The molecular weight excluding hydrogens is 172 g/mol. The lowest BCUT2D eigenvalue weighted by molar-refractivity contribution is 0.626. The van der Waals surface area contributed by atoms with E-state index >= 15 is 0 Å². The highest BCUT2D eigenvalue weighted by Crippen LogP contribution is 2.09. The Morgan fingerprint density at radius 1 is 1.42 bits per heavy atom. The average Bonchev–Trinajstić information content (AvgIpc) is 2.49. The van der Waals surface area contributed by atoms with Crippen LogP contribution in [-0.4, -0.2) is 9.78 Å². The zero-order valence-electron chi connectivity index (χ0n) is 8.26. The molecule has 0 aliphatic rings. The van der Waals surface area contributed by atoms with E-state index in [0.29, 0.717) is 5.15 Å². The van der Waals surface area contributed by atoms with E-state index in [1.165, 1.54) is 5.69 Å². The van der Waals surface area contributed by atoms with Gasteiger partial charge in [0.1, 0.15) is 0 Å². The van der Waals surface area contributed by atoms with Crippen molar-refractivity contribution in [2.75, 3.05) is 0 Å². The van der Waals surface area contributed by atoms with Gasteiger partial charge in [0, 0.05) is 12.2 Å². The zero-order chi connectivity index (χ0) is 9.56. The molecule has 0 bridgehead atoms. The van der Waals surface area contributed by atoms with E-state index in [4.69, 9.17) is 11.6 Å². The van der Waals surface area contributed by atoms with Gasteiger partial charge in [0.05, 0.1) is 0 Å². The highest BCUT2D eigenvalue weighted by molar-refractivity contribution is 6.29. The Hall–Kier alpha value is -0.500. The molecule has 0 spiro atoms. The highest BCUT2D eigenvalue weighted by Gasteiger charge is 2.00. The van der Waals surface area contributed by atoms with E-state index in [1.807, 2.05) is 24.6 Å². The van der Waals surface area contributed by atoms with Crippen LogP contribution in [0, 0.1) is 0 Å². The largest absolute Gasteiger partial charge is 0.268 e. The van der Waals surface area contributed by atoms with Crippen LogP contribution in [0.2, 0.25) is 5.15 Å². The molecule has 0 radical (unpaired) electrons. The first kappa shape index (κ1) is 11.5. The van der Waals surface area contributed by atoms with Crippen molar-refractivity contribution in [2.45, 2.75) is 40.7 Å². The van der Waals surface area contributed by atoms with Crippen molar-refractivity contribution >= 4 is 11.6 Å². The fourth-order valence-corrected chi connectivity index (χ4v) is 1.20. The van der Waals surface area contributed by atoms with Crippen molar-refractivity contribution in [3.05, 3.63) is 16.9 Å². The van der Waals surface area contributed by atoms with E-state index in [1.54, 1.807) is 0 Å². The summed E-state index contributed by atoms with van der Waals surface area (Å²) in [7, 11) is 0. The summed E-state index contributed by atoms with van der Waals surface area (Å²) < 4.78 is 1.92. The second-order valence-corrected chi connectivity index (χ2v) is 2.51. The number of aromatic nitrogens is 2. The molecule has 0 amide bonds. The summed E-state index contributed by atoms with van der Waals surface area (Å²) in [4.78, 5) is 0. The standard InChI is InChI=1S/C7H11ClN2.C2H6/c1-3-6-5-7(8)9-10(6)4-2;1-2/h5H,3-4H2,1-2H3;1-2H3. The van der Waals surface area contributed by atoms with Gasteiger partial charge in [0.25, 0.3) is 0 Å². The van der Waals surface area contributed by atoms with Gasteiger partial charge in [-0.15, -0.1) is 0 Å². The normalized spacial score (nSPS) is 9.08. The fraction of sp³-hybridized carbons (Fsp3) is 0.667. The minimum Gasteiger partial charge on any atom is -0.268 e. The number of hydrogen-bond donors (Lipinski definition) is 0. The van der Waals surface area contributed by atoms with Crippen molar-refractivity contribution < 1.29 is 0 Å². The molecule has 3 heteroatoms. The lowest BCUT2D eigenvalue weighted by atomic mass is 10.3. The third kappa shape index (κ3) is 2.86. The summed E-state index contributed by atoms with van der Waals surface area (Å²) in [5, 5.41) is 4.68. The van der Waals surface area contributed by atoms with Gasteiger partial charge < -0.3 is 0 Å². The molecule has 0 atom stereocenters. The Kier molecular flexibility index (Phi) is 5.81. The molecule has 1 aromatic heterocycles. The highest BCUT2D eigenvalue weighted by atomic mass is 35.5. The van der Waals surface area contributed by atoms with Crippen LogP contribution >= 0.6 is 11.6 Å². The van der Waals surface area contributed by atoms with Gasteiger partial charge in [0.2, 0.25) is 0 Å². The maximum atomic E-state index is 5.69. The molecule has 12 heavy (non-hydrogen) atoms. The molecule has 0 fully saturated rings. The Morgan fingerprint density at radius 3 is 2.33 bits per heavy atom. The summed E-state index contributed by atoms with van der Waals surface area (Å²) in [6, 6.07) is 1.91. The number of rotatable bonds is 2. The van der Waals surface area contributed by atoms with Crippen LogP contribution in [0.1, 0.15) is 33.4 Å². The van der Waals surface area contributed by atoms with Gasteiger partial charge in [-0.25, -0.2) is 0 Å². The van der Waals surface area contributed by atoms with Crippen molar-refractivity contribution in [3.8, 4) is 0 Å². The molecule has 0 aliphatic carbocycles. The molecule has 1 rings (SSSR count). The fourth-order valence-electron chi connectivity index (χ4n) is 0.979. The van der Waals surface area contributed by atoms with Gasteiger partial charge in [-0.2, -0.15) is 5.10 Å². The zero-order valence-corrected chi connectivity index (χ0v) is 9.02. The first-order chi connectivity index (χ1) is 5.77. The summed E-state index contributed by atoms with van der Waals surface area (Å²) in [6.07, 6.45) is 0.994. The number of nitrogens with zero attached hydrogens (tertiary/aromatic N) is 2. The Bertz CT molecular complexity index is 197. The van der Waals surface area contributed by atoms with E-state index in [0.717, 1.165) is 13.0 Å². The van der Waals surface area contributed by atoms with E-state index in [2.05, 4.69) is 18.9 Å². The van der Waals surface area contributed by atoms with Crippen molar-refractivity contribution in [3.63, 3.8) is 0 Å². The van der Waals surface area contributed by atoms with Gasteiger partial charge in [0.15, 0.2) is 5.15 Å². The van der Waals surface area contributed by atoms with Crippen LogP contribution in [0.25, 0.3) is 0 Å². The number of halogens is 1. The minimum absolute atomic E-state index is 0.596. The molecule has 0 saturated heterocycles. The smallest absolute Gasteiger partial charge is 0.151 e. The molecule has 1 aromatic rings. The molecule has 0 saturated carbocycles. The quantitative estimate of drug-likeness (QED) is 0.698. The van der Waals surface area contributed by atoms with Crippen LogP contribution < -0.4 is 0 Å². The van der Waals surface area contributed by atoms with Gasteiger partial charge >= 0.3 is 0 Å². The van der Waals surface area contributed by atoms with Gasteiger partial charge in [-0.05, 0) is 19.4 Å². The van der Waals surface area contributed by atoms with E-state index in [9.17, 15) is 0 Å². The summed E-state index contributed by atoms with van der Waals surface area (Å²) in [5.41, 5.74) is 1.20. The molecule has 0 unspecified atom stereocenters. The van der Waals surface area contributed by atoms with Crippen LogP contribution in [0.4, 0.5) is 0 Å². The van der Waals surface area contributed by atoms with Crippen LogP contribution in [0.3, 0.4) is 0 Å². The Labute approximate surface area is 79.5 Å². The third-order valence-corrected chi connectivity index (χ3v) is 1.68. The monoisotopic (exact) mass is 188 g/mol. The number of hydrogen-bond acceptors (Lipinski definition) is 1. The predicted octanol–water partition coefficient (Wildman–Crippen LogP) is 3.15. The van der Waals surface area contributed by atoms with Gasteiger partial charge in [-0.3, -0.25) is 4.68 Å². The third-order valence-electron chi connectivity index (χ3n) is 1.50. The van der Waals surface area contributed by atoms with Crippen molar-refractivity contribution in [1.82, 2.24) is 9.78 Å². The predicted molar refractivity (Wildman–Crippen MR) is 53.6 cm³/mol. The molecule has 70 valence electrons. The van der Waals surface area contributed by atoms with Crippen LogP contribution in [-0.2, 0) is 13.0 Å². The maximum Gasteiger partial charge on any atom is 0.151 e. The molecule has 0 N–H and O–H groups in total. The van der Waals surface area contributed by atoms with Crippen molar-refractivity contribution in [2.24, 2.45) is 0 Å². The molecular formula is C9H17ClN2. The molecule has 1 heterocycles. The SMILES string of the molecule is CC.CCc1cc(Cl)nn1CC. The summed E-state index contributed by atoms with van der Waals surface area (Å²) in [5.74, 6) is 0. The molecule has 0 aliphatic heterocycles. The minimum atomic E-state index is 0.596. The van der Waals surface area contributed by atoms with E-state index < -0.39 is 0 Å². The van der Waals surface area contributed by atoms with E-state index in [-0.39, 0.29) is 0 Å². The molecule has 2 nitrogen and oxygen atoms in total. The average molecular weight is 189 g/mol. The first-order valence-electron chi connectivity index (χ1n) is 4.50. The van der Waals surface area contributed by atoms with Crippen LogP contribution in [0.5, 0.6) is 0 Å². The summed E-state index contributed by atoms with van der Waals surface area (Å²) >= 11 is 5.69. The Morgan fingerprint density at radius 2 is 2.00 bits per heavy atom. The topological polar surface area (TPSA) is 17.8 Å². The van der Waals surface area contributed by atoms with Crippen molar-refractivity contribution in [1.29, 1.82) is 0 Å². The number of aryl methyl sites for hydroxylation is 2.